The van der Waals surface area contributed by atoms with Gasteiger partial charge >= 0.3 is 6.09 Å². The molecule has 2 aliphatic rings. The summed E-state index contributed by atoms with van der Waals surface area (Å²) in [6, 6.07) is 9.36. The third-order valence-electron chi connectivity index (χ3n) is 7.43. The molecule has 11 heteroatoms. The molecule has 5 rings (SSSR count). The fourth-order valence-electron chi connectivity index (χ4n) is 5.57. The van der Waals surface area contributed by atoms with Crippen LogP contribution in [-0.2, 0) is 15.0 Å². The minimum Gasteiger partial charge on any atom is -0.497 e. The minimum absolute atomic E-state index is 0.102. The van der Waals surface area contributed by atoms with E-state index in [1.807, 2.05) is 24.3 Å². The van der Waals surface area contributed by atoms with Crippen LogP contribution in [0.15, 0.2) is 42.6 Å². The molecule has 0 unspecified atom stereocenters. The molecule has 1 aliphatic carbocycles. The molecule has 194 valence electrons. The van der Waals surface area contributed by atoms with Gasteiger partial charge in [0.05, 0.1) is 30.8 Å². The molecule has 1 aromatic carbocycles. The van der Waals surface area contributed by atoms with E-state index in [1.165, 1.54) is 23.2 Å². The van der Waals surface area contributed by atoms with Crippen LogP contribution in [0.3, 0.4) is 0 Å². The standard InChI is InChI=1S/C26H28FN5O5/c1-37-18-7-5-16(6-8-18)26(11-3-2-4-12-26)24(34)31-15-17(27)13-21(31)23(33)30-22-10-9-20-19(29-22)14-28-32(20)25(35)36/h5-10,14,17,21H,2-4,11-13,15H2,1H3,(H,35,36)(H,29,30,33)/t17-,21-/m1/s1. The molecule has 2 fully saturated rings. The lowest BCUT2D eigenvalue weighted by Crippen LogP contribution is -2.52. The molecule has 10 nitrogen and oxygen atoms in total. The maximum Gasteiger partial charge on any atom is 0.432 e. The molecule has 1 aliphatic heterocycles. The van der Waals surface area contributed by atoms with Gasteiger partial charge in [-0.25, -0.2) is 14.2 Å². The predicted molar refractivity (Wildman–Crippen MR) is 132 cm³/mol. The number of ether oxygens (including phenoxy) is 1. The highest BCUT2D eigenvalue weighted by molar-refractivity contribution is 5.99. The molecule has 3 heterocycles. The van der Waals surface area contributed by atoms with Crippen molar-refractivity contribution >= 4 is 34.8 Å². The second kappa shape index (κ2) is 9.79. The van der Waals surface area contributed by atoms with E-state index in [4.69, 9.17) is 4.74 Å². The number of halogens is 1. The van der Waals surface area contributed by atoms with Crippen molar-refractivity contribution in [2.24, 2.45) is 0 Å². The second-order valence-corrected chi connectivity index (χ2v) is 9.61. The summed E-state index contributed by atoms with van der Waals surface area (Å²) in [5.74, 6) is 0.0814. The average molecular weight is 510 g/mol. The van der Waals surface area contributed by atoms with Crippen LogP contribution in [0.5, 0.6) is 5.75 Å². The summed E-state index contributed by atoms with van der Waals surface area (Å²) in [5.41, 5.74) is 0.576. The lowest BCUT2D eigenvalue weighted by atomic mass is 9.68. The van der Waals surface area contributed by atoms with Crippen molar-refractivity contribution in [2.45, 2.75) is 56.2 Å². The van der Waals surface area contributed by atoms with Gasteiger partial charge in [0.1, 0.15) is 29.3 Å². The van der Waals surface area contributed by atoms with Gasteiger partial charge in [0.25, 0.3) is 0 Å². The predicted octanol–water partition coefficient (Wildman–Crippen LogP) is 3.75. The third-order valence-corrected chi connectivity index (χ3v) is 7.43. The number of hydrogen-bond donors (Lipinski definition) is 2. The van der Waals surface area contributed by atoms with Crippen molar-refractivity contribution in [3.8, 4) is 5.75 Å². The summed E-state index contributed by atoms with van der Waals surface area (Å²) < 4.78 is 20.7. The Morgan fingerprint density at radius 3 is 2.51 bits per heavy atom. The van der Waals surface area contributed by atoms with Crippen LogP contribution in [0.4, 0.5) is 15.0 Å². The summed E-state index contributed by atoms with van der Waals surface area (Å²) in [4.78, 5) is 44.3. The number of carbonyl (C=O) groups excluding carboxylic acids is 2. The first kappa shape index (κ1) is 24.7. The van der Waals surface area contributed by atoms with Crippen LogP contribution >= 0.6 is 0 Å². The number of benzene rings is 1. The summed E-state index contributed by atoms with van der Waals surface area (Å²) in [7, 11) is 1.58. The van der Waals surface area contributed by atoms with Gasteiger partial charge in [-0.05, 0) is 42.7 Å². The van der Waals surface area contributed by atoms with Gasteiger partial charge < -0.3 is 20.1 Å². The zero-order chi connectivity index (χ0) is 26.2. The van der Waals surface area contributed by atoms with E-state index in [0.29, 0.717) is 18.6 Å². The number of methoxy groups -OCH3 is 1. The zero-order valence-corrected chi connectivity index (χ0v) is 20.4. The topological polar surface area (TPSA) is 127 Å². The van der Waals surface area contributed by atoms with E-state index in [9.17, 15) is 23.9 Å². The Hall–Kier alpha value is -4.02. The molecule has 0 radical (unpaired) electrons. The van der Waals surface area contributed by atoms with Gasteiger partial charge in [0.15, 0.2) is 0 Å². The Morgan fingerprint density at radius 2 is 1.84 bits per heavy atom. The molecule has 2 N–H and O–H groups in total. The van der Waals surface area contributed by atoms with E-state index >= 15 is 0 Å². The Balaban J connectivity index is 1.40. The van der Waals surface area contributed by atoms with Gasteiger partial charge in [-0.2, -0.15) is 9.78 Å². The van der Waals surface area contributed by atoms with Gasteiger partial charge in [0, 0.05) is 6.42 Å². The van der Waals surface area contributed by atoms with Crippen LogP contribution in [-0.4, -0.2) is 68.5 Å². The van der Waals surface area contributed by atoms with E-state index < -0.39 is 29.6 Å². The number of nitrogens with zero attached hydrogens (tertiary/aromatic N) is 4. The number of anilines is 1. The lowest BCUT2D eigenvalue weighted by molar-refractivity contribution is -0.143. The number of rotatable bonds is 5. The van der Waals surface area contributed by atoms with Gasteiger partial charge in [-0.1, -0.05) is 31.4 Å². The maximum absolute atomic E-state index is 14.7. The highest BCUT2D eigenvalue weighted by Crippen LogP contribution is 2.43. The summed E-state index contributed by atoms with van der Waals surface area (Å²) in [5, 5.41) is 15.6. The van der Waals surface area contributed by atoms with E-state index in [1.54, 1.807) is 7.11 Å². The largest absolute Gasteiger partial charge is 0.497 e. The lowest BCUT2D eigenvalue weighted by Gasteiger charge is -2.40. The number of hydrogen-bond acceptors (Lipinski definition) is 6. The number of likely N-dealkylation sites (tertiary alicyclic amines) is 1. The average Bonchev–Trinajstić information content (AvgIpc) is 3.52. The summed E-state index contributed by atoms with van der Waals surface area (Å²) >= 11 is 0. The molecular weight excluding hydrogens is 481 g/mol. The maximum atomic E-state index is 14.7. The number of amides is 2. The molecule has 37 heavy (non-hydrogen) atoms. The molecule has 2 amide bonds. The molecule has 1 saturated heterocycles. The van der Waals surface area contributed by atoms with Crippen molar-refractivity contribution in [1.82, 2.24) is 19.7 Å². The molecular formula is C26H28FN5O5. The summed E-state index contributed by atoms with van der Waals surface area (Å²) in [6.07, 6.45) is 2.63. The third kappa shape index (κ3) is 4.49. The zero-order valence-electron chi connectivity index (χ0n) is 20.4. The van der Waals surface area contributed by atoms with Gasteiger partial charge in [-0.15, -0.1) is 0 Å². The highest BCUT2D eigenvalue weighted by atomic mass is 19.1. The van der Waals surface area contributed by atoms with E-state index in [-0.39, 0.29) is 35.7 Å². The normalized spacial score (nSPS) is 21.1. The first-order valence-corrected chi connectivity index (χ1v) is 12.3. The van der Waals surface area contributed by atoms with Gasteiger partial charge in [-0.3, -0.25) is 9.59 Å². The van der Waals surface area contributed by atoms with Crippen LogP contribution < -0.4 is 10.1 Å². The van der Waals surface area contributed by atoms with Crippen molar-refractivity contribution in [3.63, 3.8) is 0 Å². The number of fused-ring (bicyclic) bond motifs is 1. The SMILES string of the molecule is COc1ccc(C2(C(=O)N3C[C@H](F)C[C@@H]3C(=O)Nc3ccc4c(cnn4C(=O)O)n3)CCCCC2)cc1. The second-order valence-electron chi connectivity index (χ2n) is 9.61. The van der Waals surface area contributed by atoms with Gasteiger partial charge in [0.2, 0.25) is 11.8 Å². The van der Waals surface area contributed by atoms with Crippen molar-refractivity contribution < 1.29 is 28.6 Å². The number of pyridine rings is 1. The quantitative estimate of drug-likeness (QED) is 0.536. The molecule has 2 atom stereocenters. The number of aromatic nitrogens is 3. The molecule has 3 aromatic rings. The Bertz CT molecular complexity index is 1330. The number of carbonyl (C=O) groups is 3. The number of nitrogens with one attached hydrogen (secondary N) is 1. The van der Waals surface area contributed by atoms with Crippen molar-refractivity contribution in [1.29, 1.82) is 0 Å². The monoisotopic (exact) mass is 509 g/mol. The van der Waals surface area contributed by atoms with Crippen LogP contribution in [0, 0.1) is 0 Å². The van der Waals surface area contributed by atoms with Crippen LogP contribution in [0.1, 0.15) is 44.1 Å². The van der Waals surface area contributed by atoms with E-state index in [2.05, 4.69) is 15.4 Å². The van der Waals surface area contributed by atoms with E-state index in [0.717, 1.165) is 29.5 Å². The fourth-order valence-corrected chi connectivity index (χ4v) is 5.57. The Morgan fingerprint density at radius 1 is 1.11 bits per heavy atom. The number of carboxylic acid groups (broad SMARTS) is 1. The highest BCUT2D eigenvalue weighted by Gasteiger charge is 2.49. The fraction of sp³-hybridized carbons (Fsp3) is 0.423. The minimum atomic E-state index is -1.32. The smallest absolute Gasteiger partial charge is 0.432 e. The first-order valence-electron chi connectivity index (χ1n) is 12.3. The Labute approximate surface area is 212 Å². The molecule has 0 bridgehead atoms. The first-order chi connectivity index (χ1) is 17.8. The van der Waals surface area contributed by atoms with Crippen LogP contribution in [0.25, 0.3) is 11.0 Å². The van der Waals surface area contributed by atoms with Crippen molar-refractivity contribution in [2.75, 3.05) is 19.0 Å². The van der Waals surface area contributed by atoms with Crippen LogP contribution in [0.2, 0.25) is 0 Å². The number of alkyl halides is 1. The Kier molecular flexibility index (Phi) is 6.53. The molecule has 1 saturated carbocycles. The molecule has 0 spiro atoms. The van der Waals surface area contributed by atoms with Crippen molar-refractivity contribution in [3.05, 3.63) is 48.2 Å². The molecule has 2 aromatic heterocycles. The summed E-state index contributed by atoms with van der Waals surface area (Å²) in [6.45, 7) is -0.146.